The van der Waals surface area contributed by atoms with Crippen LogP contribution in [-0.2, 0) is 24.2 Å². The minimum atomic E-state index is -0.918. The molecule has 0 amide bonds. The highest BCUT2D eigenvalue weighted by Crippen LogP contribution is 2.28. The summed E-state index contributed by atoms with van der Waals surface area (Å²) in [6.45, 7) is 3.74. The number of anilines is 2. The summed E-state index contributed by atoms with van der Waals surface area (Å²) >= 11 is 0. The molecule has 132 valence electrons. The second-order valence-corrected chi connectivity index (χ2v) is 6.47. The van der Waals surface area contributed by atoms with Gasteiger partial charge in [-0.3, -0.25) is 4.79 Å². The van der Waals surface area contributed by atoms with Crippen LogP contribution in [0.5, 0.6) is 0 Å². The predicted molar refractivity (Wildman–Crippen MR) is 97.7 cm³/mol. The number of hydrogen-bond donors (Lipinski definition) is 3. The Kier molecular flexibility index (Phi) is 5.22. The van der Waals surface area contributed by atoms with Crippen molar-refractivity contribution < 1.29 is 14.3 Å². The monoisotopic (exact) mass is 342 g/mol. The summed E-state index contributed by atoms with van der Waals surface area (Å²) in [5.41, 5.74) is 6.15. The molecule has 1 aliphatic rings. The third kappa shape index (κ3) is 4.10. The molecular formula is C20H23FN2O2. The molecule has 2 aromatic carbocycles. The molecule has 0 spiro atoms. The Labute approximate surface area is 147 Å². The number of aliphatic carboxylic acids is 1. The Morgan fingerprint density at radius 3 is 2.84 bits per heavy atom. The average molecular weight is 342 g/mol. The van der Waals surface area contributed by atoms with Gasteiger partial charge in [0.05, 0.1) is 0 Å². The minimum absolute atomic E-state index is 0.0645. The highest BCUT2D eigenvalue weighted by atomic mass is 19.1. The van der Waals surface area contributed by atoms with E-state index in [0.29, 0.717) is 17.8 Å². The molecule has 5 heteroatoms. The normalized spacial score (nSPS) is 13.0. The van der Waals surface area contributed by atoms with Crippen molar-refractivity contribution in [3.05, 3.63) is 58.4 Å². The summed E-state index contributed by atoms with van der Waals surface area (Å²) in [4.78, 5) is 10.6. The number of aryl methyl sites for hydroxylation is 2. The van der Waals surface area contributed by atoms with Gasteiger partial charge in [0.25, 0.3) is 0 Å². The lowest BCUT2D eigenvalue weighted by atomic mass is 9.96. The van der Waals surface area contributed by atoms with Crippen molar-refractivity contribution in [3.63, 3.8) is 0 Å². The Morgan fingerprint density at radius 2 is 2.08 bits per heavy atom. The van der Waals surface area contributed by atoms with Crippen molar-refractivity contribution >= 4 is 17.3 Å². The second-order valence-electron chi connectivity index (χ2n) is 6.47. The number of hydrogen-bond acceptors (Lipinski definition) is 3. The molecule has 25 heavy (non-hydrogen) atoms. The Bertz CT molecular complexity index is 790. The van der Waals surface area contributed by atoms with Crippen LogP contribution in [0.15, 0.2) is 30.3 Å². The van der Waals surface area contributed by atoms with Crippen LogP contribution >= 0.6 is 0 Å². The maximum Gasteiger partial charge on any atom is 0.303 e. The van der Waals surface area contributed by atoms with Crippen molar-refractivity contribution in [2.75, 3.05) is 17.2 Å². The molecule has 0 saturated heterocycles. The first kappa shape index (κ1) is 17.3. The lowest BCUT2D eigenvalue weighted by Crippen LogP contribution is -2.14. The van der Waals surface area contributed by atoms with Crippen LogP contribution in [0, 0.1) is 12.7 Å². The Balaban J connectivity index is 1.67. The van der Waals surface area contributed by atoms with E-state index in [1.165, 1.54) is 28.4 Å². The lowest BCUT2D eigenvalue weighted by molar-refractivity contribution is -0.136. The first-order valence-corrected chi connectivity index (χ1v) is 8.64. The van der Waals surface area contributed by atoms with Crippen LogP contribution < -0.4 is 10.6 Å². The molecule has 0 radical (unpaired) electrons. The Hall–Kier alpha value is -2.56. The highest BCUT2D eigenvalue weighted by Gasteiger charge is 2.13. The number of rotatable bonds is 6. The van der Waals surface area contributed by atoms with Gasteiger partial charge in [-0.2, -0.15) is 0 Å². The number of carbonyl (C=O) groups is 1. The van der Waals surface area contributed by atoms with Crippen LogP contribution in [0.1, 0.15) is 35.1 Å². The van der Waals surface area contributed by atoms with Gasteiger partial charge < -0.3 is 15.7 Å². The van der Waals surface area contributed by atoms with E-state index in [1.807, 2.05) is 0 Å². The van der Waals surface area contributed by atoms with Crippen LogP contribution in [0.3, 0.4) is 0 Å². The third-order valence-electron chi connectivity index (χ3n) is 4.73. The van der Waals surface area contributed by atoms with Gasteiger partial charge in [-0.15, -0.1) is 0 Å². The molecule has 0 atom stereocenters. The minimum Gasteiger partial charge on any atom is -0.481 e. The van der Waals surface area contributed by atoms with E-state index >= 15 is 0 Å². The van der Waals surface area contributed by atoms with Crippen molar-refractivity contribution in [2.45, 2.75) is 39.2 Å². The fourth-order valence-electron chi connectivity index (χ4n) is 3.25. The molecule has 0 saturated carbocycles. The molecule has 0 fully saturated rings. The highest BCUT2D eigenvalue weighted by molar-refractivity contribution is 5.67. The summed E-state index contributed by atoms with van der Waals surface area (Å²) in [6.07, 6.45) is 2.42. The number of carboxylic acid groups (broad SMARTS) is 1. The van der Waals surface area contributed by atoms with Gasteiger partial charge in [0.2, 0.25) is 0 Å². The molecule has 3 N–H and O–H groups in total. The molecule has 0 unspecified atom stereocenters. The van der Waals surface area contributed by atoms with Crippen molar-refractivity contribution in [3.8, 4) is 0 Å². The van der Waals surface area contributed by atoms with E-state index in [9.17, 15) is 9.18 Å². The molecular weight excluding hydrogens is 319 g/mol. The molecule has 0 aliphatic carbocycles. The summed E-state index contributed by atoms with van der Waals surface area (Å²) in [6, 6.07) is 9.18. The lowest BCUT2D eigenvalue weighted by Gasteiger charge is -2.22. The fourth-order valence-corrected chi connectivity index (χ4v) is 3.25. The smallest absolute Gasteiger partial charge is 0.303 e. The van der Waals surface area contributed by atoms with E-state index in [2.05, 4.69) is 29.7 Å². The van der Waals surface area contributed by atoms with Crippen molar-refractivity contribution in [1.82, 2.24) is 0 Å². The first-order chi connectivity index (χ1) is 12.0. The van der Waals surface area contributed by atoms with Gasteiger partial charge >= 0.3 is 5.97 Å². The largest absolute Gasteiger partial charge is 0.481 e. The third-order valence-corrected chi connectivity index (χ3v) is 4.73. The van der Waals surface area contributed by atoms with E-state index < -0.39 is 5.97 Å². The molecule has 0 aromatic heterocycles. The number of nitrogens with one attached hydrogen (secondary N) is 2. The maximum absolute atomic E-state index is 14.1. The summed E-state index contributed by atoms with van der Waals surface area (Å²) in [5, 5.41) is 15.4. The predicted octanol–water partition coefficient (Wildman–Crippen LogP) is 4.12. The molecule has 0 bridgehead atoms. The number of carboxylic acids is 1. The van der Waals surface area contributed by atoms with Gasteiger partial charge in [0.15, 0.2) is 0 Å². The quantitative estimate of drug-likeness (QED) is 0.739. The summed E-state index contributed by atoms with van der Waals surface area (Å²) in [7, 11) is 0. The zero-order valence-electron chi connectivity index (χ0n) is 14.4. The average Bonchev–Trinajstić information content (AvgIpc) is 2.60. The molecule has 3 rings (SSSR count). The standard InChI is InChI=1S/C20H23FN2O2/c1-13-16(5-4-15-3-2-10-22-20(13)15)12-23-17-8-6-14(18(21)11-17)7-9-19(24)25/h4-6,8,11,22-23H,2-3,7,9-10,12H2,1H3,(H,24,25). The van der Waals surface area contributed by atoms with Gasteiger partial charge in [0, 0.05) is 30.9 Å². The topological polar surface area (TPSA) is 61.4 Å². The molecule has 4 nitrogen and oxygen atoms in total. The van der Waals surface area contributed by atoms with Crippen LogP contribution in [-0.4, -0.2) is 17.6 Å². The number of benzene rings is 2. The number of fused-ring (bicyclic) bond motifs is 1. The number of halogens is 1. The van der Waals surface area contributed by atoms with Crippen LogP contribution in [0.25, 0.3) is 0 Å². The molecule has 1 aliphatic heterocycles. The van der Waals surface area contributed by atoms with Gasteiger partial charge in [-0.05, 0) is 60.6 Å². The van der Waals surface area contributed by atoms with Crippen molar-refractivity contribution in [2.24, 2.45) is 0 Å². The molecule has 2 aromatic rings. The zero-order chi connectivity index (χ0) is 17.8. The van der Waals surface area contributed by atoms with Crippen LogP contribution in [0.4, 0.5) is 15.8 Å². The van der Waals surface area contributed by atoms with E-state index in [0.717, 1.165) is 19.4 Å². The fraction of sp³-hybridized carbons (Fsp3) is 0.350. The van der Waals surface area contributed by atoms with Gasteiger partial charge in [0.1, 0.15) is 5.82 Å². The summed E-state index contributed by atoms with van der Waals surface area (Å²) < 4.78 is 14.1. The second kappa shape index (κ2) is 7.55. The van der Waals surface area contributed by atoms with E-state index in [4.69, 9.17) is 5.11 Å². The zero-order valence-corrected chi connectivity index (χ0v) is 14.4. The van der Waals surface area contributed by atoms with Gasteiger partial charge in [-0.1, -0.05) is 18.2 Å². The van der Waals surface area contributed by atoms with E-state index in [-0.39, 0.29) is 18.7 Å². The first-order valence-electron chi connectivity index (χ1n) is 8.64. The Morgan fingerprint density at radius 1 is 1.28 bits per heavy atom. The van der Waals surface area contributed by atoms with Crippen molar-refractivity contribution in [1.29, 1.82) is 0 Å². The van der Waals surface area contributed by atoms with Crippen LogP contribution in [0.2, 0.25) is 0 Å². The molecule has 1 heterocycles. The van der Waals surface area contributed by atoms with Gasteiger partial charge in [-0.25, -0.2) is 4.39 Å². The SMILES string of the molecule is Cc1c(CNc2ccc(CCC(=O)O)c(F)c2)ccc2c1NCCC2. The maximum atomic E-state index is 14.1. The summed E-state index contributed by atoms with van der Waals surface area (Å²) in [5.74, 6) is -1.28. The van der Waals surface area contributed by atoms with E-state index in [1.54, 1.807) is 12.1 Å².